The zero-order chi connectivity index (χ0) is 19.4. The largest absolute Gasteiger partial charge is 0.452 e. The summed E-state index contributed by atoms with van der Waals surface area (Å²) >= 11 is 0. The molecule has 0 fully saturated rings. The van der Waals surface area contributed by atoms with Crippen LogP contribution >= 0.6 is 0 Å². The number of para-hydroxylation sites is 1. The van der Waals surface area contributed by atoms with Crippen LogP contribution in [0.15, 0.2) is 48.5 Å². The second-order valence-corrected chi connectivity index (χ2v) is 6.06. The van der Waals surface area contributed by atoms with Crippen LogP contribution in [0.3, 0.4) is 0 Å². The molecular formula is C21H19FN2O3. The van der Waals surface area contributed by atoms with Crippen molar-refractivity contribution in [3.63, 3.8) is 0 Å². The van der Waals surface area contributed by atoms with Crippen molar-refractivity contribution < 1.29 is 18.7 Å². The number of rotatable bonds is 5. The van der Waals surface area contributed by atoms with Gasteiger partial charge in [0, 0.05) is 11.1 Å². The monoisotopic (exact) mass is 366 g/mol. The Hall–Kier alpha value is -3.28. The van der Waals surface area contributed by atoms with Crippen molar-refractivity contribution in [2.45, 2.75) is 20.3 Å². The zero-order valence-electron chi connectivity index (χ0n) is 15.1. The molecule has 0 spiro atoms. The number of hydrogen-bond donors (Lipinski definition) is 1. The minimum Gasteiger partial charge on any atom is -0.452 e. The minimum atomic E-state index is -0.600. The Morgan fingerprint density at radius 3 is 2.67 bits per heavy atom. The highest BCUT2D eigenvalue weighted by atomic mass is 19.1. The number of aromatic nitrogens is 1. The number of carbonyl (C=O) groups excluding carboxylic acids is 2. The Bertz CT molecular complexity index is 1020. The van der Waals surface area contributed by atoms with E-state index in [2.05, 4.69) is 10.3 Å². The van der Waals surface area contributed by atoms with Crippen LogP contribution in [0.2, 0.25) is 0 Å². The number of aryl methyl sites for hydroxylation is 2. The van der Waals surface area contributed by atoms with Crippen LogP contribution in [-0.2, 0) is 16.0 Å². The van der Waals surface area contributed by atoms with Crippen LogP contribution < -0.4 is 5.32 Å². The first-order chi connectivity index (χ1) is 13.0. The molecule has 0 saturated heterocycles. The molecule has 2 aromatic carbocycles. The summed E-state index contributed by atoms with van der Waals surface area (Å²) < 4.78 is 18.3. The van der Waals surface area contributed by atoms with E-state index in [0.29, 0.717) is 23.4 Å². The predicted octanol–water partition coefficient (Wildman–Crippen LogP) is 4.04. The lowest BCUT2D eigenvalue weighted by Crippen LogP contribution is -2.22. The quantitative estimate of drug-likeness (QED) is 0.692. The number of ether oxygens (including phenoxy) is 1. The summed E-state index contributed by atoms with van der Waals surface area (Å²) in [5.41, 5.74) is 2.89. The van der Waals surface area contributed by atoms with Gasteiger partial charge in [-0.3, -0.25) is 9.78 Å². The fourth-order valence-corrected chi connectivity index (χ4v) is 2.93. The number of anilines is 1. The van der Waals surface area contributed by atoms with Gasteiger partial charge in [0.1, 0.15) is 5.82 Å². The number of nitrogens with one attached hydrogen (secondary N) is 1. The van der Waals surface area contributed by atoms with E-state index in [9.17, 15) is 14.0 Å². The molecule has 0 atom stereocenters. The van der Waals surface area contributed by atoms with Crippen LogP contribution in [0, 0.1) is 12.7 Å². The molecule has 5 nitrogen and oxygen atoms in total. The van der Waals surface area contributed by atoms with Crippen molar-refractivity contribution in [3.05, 3.63) is 71.2 Å². The van der Waals surface area contributed by atoms with Gasteiger partial charge in [-0.05, 0) is 43.2 Å². The Morgan fingerprint density at radius 2 is 1.93 bits per heavy atom. The average molecular weight is 366 g/mol. The van der Waals surface area contributed by atoms with E-state index in [1.54, 1.807) is 6.07 Å². The summed E-state index contributed by atoms with van der Waals surface area (Å²) in [4.78, 5) is 29.1. The van der Waals surface area contributed by atoms with E-state index in [0.717, 1.165) is 16.5 Å². The van der Waals surface area contributed by atoms with Gasteiger partial charge in [-0.2, -0.15) is 0 Å². The van der Waals surface area contributed by atoms with Crippen LogP contribution in [0.5, 0.6) is 0 Å². The van der Waals surface area contributed by atoms with Gasteiger partial charge in [-0.25, -0.2) is 9.18 Å². The first-order valence-corrected chi connectivity index (χ1v) is 8.60. The van der Waals surface area contributed by atoms with Gasteiger partial charge < -0.3 is 10.1 Å². The number of esters is 1. The summed E-state index contributed by atoms with van der Waals surface area (Å²) in [7, 11) is 0. The third-order valence-electron chi connectivity index (χ3n) is 4.21. The Labute approximate surface area is 156 Å². The fourth-order valence-electron chi connectivity index (χ4n) is 2.93. The van der Waals surface area contributed by atoms with E-state index >= 15 is 0 Å². The highest BCUT2D eigenvalue weighted by molar-refractivity contribution is 6.00. The van der Waals surface area contributed by atoms with Crippen molar-refractivity contribution in [1.29, 1.82) is 0 Å². The molecule has 1 amide bonds. The number of halogens is 1. The second-order valence-electron chi connectivity index (χ2n) is 6.06. The molecule has 0 aliphatic heterocycles. The van der Waals surface area contributed by atoms with Crippen LogP contribution in [0.4, 0.5) is 10.1 Å². The Kier molecular flexibility index (Phi) is 5.45. The summed E-state index contributed by atoms with van der Waals surface area (Å²) in [5.74, 6) is -1.61. The minimum absolute atomic E-state index is 0.300. The first kappa shape index (κ1) is 18.5. The molecule has 138 valence electrons. The topological polar surface area (TPSA) is 68.3 Å². The molecule has 3 rings (SSSR count). The van der Waals surface area contributed by atoms with Gasteiger partial charge in [0.2, 0.25) is 0 Å². The SMILES string of the molecule is CCc1nc2ccccc2c(C)c1C(=O)OCC(=O)Nc1cccc(F)c1. The Morgan fingerprint density at radius 1 is 1.15 bits per heavy atom. The second kappa shape index (κ2) is 7.95. The maximum Gasteiger partial charge on any atom is 0.340 e. The van der Waals surface area contributed by atoms with Gasteiger partial charge in [0.15, 0.2) is 6.61 Å². The van der Waals surface area contributed by atoms with E-state index in [1.165, 1.54) is 18.2 Å². The predicted molar refractivity (Wildman–Crippen MR) is 101 cm³/mol. The molecule has 0 unspecified atom stereocenters. The van der Waals surface area contributed by atoms with Crippen LogP contribution in [0.1, 0.15) is 28.5 Å². The number of pyridine rings is 1. The number of fused-ring (bicyclic) bond motifs is 1. The molecule has 0 radical (unpaired) electrons. The van der Waals surface area contributed by atoms with Crippen LogP contribution in [-0.4, -0.2) is 23.5 Å². The van der Waals surface area contributed by atoms with Gasteiger partial charge in [0.05, 0.1) is 16.8 Å². The molecule has 1 heterocycles. The van der Waals surface area contributed by atoms with Crippen molar-refractivity contribution in [2.24, 2.45) is 0 Å². The fraction of sp³-hybridized carbons (Fsp3) is 0.190. The molecule has 3 aromatic rings. The average Bonchev–Trinajstić information content (AvgIpc) is 2.66. The van der Waals surface area contributed by atoms with Gasteiger partial charge >= 0.3 is 5.97 Å². The standard InChI is InChI=1S/C21H19FN2O3/c1-3-17-20(13(2)16-9-4-5-10-18(16)24-17)21(26)27-12-19(25)23-15-8-6-7-14(22)11-15/h4-11H,3,12H2,1-2H3,(H,23,25). The summed E-state index contributed by atoms with van der Waals surface area (Å²) in [6.45, 7) is 3.28. The maximum absolute atomic E-state index is 13.2. The van der Waals surface area contributed by atoms with Gasteiger partial charge in [0.25, 0.3) is 5.91 Å². The van der Waals surface area contributed by atoms with Crippen molar-refractivity contribution >= 4 is 28.5 Å². The number of nitrogens with zero attached hydrogens (tertiary/aromatic N) is 1. The van der Waals surface area contributed by atoms with E-state index in [4.69, 9.17) is 4.74 Å². The third kappa shape index (κ3) is 4.11. The first-order valence-electron chi connectivity index (χ1n) is 8.60. The van der Waals surface area contributed by atoms with Crippen molar-refractivity contribution in [1.82, 2.24) is 4.98 Å². The Balaban J connectivity index is 1.76. The number of amides is 1. The lowest BCUT2D eigenvalue weighted by atomic mass is 10.0. The van der Waals surface area contributed by atoms with E-state index in [1.807, 2.05) is 38.1 Å². The molecule has 1 N–H and O–H groups in total. The van der Waals surface area contributed by atoms with E-state index in [-0.39, 0.29) is 0 Å². The molecule has 6 heteroatoms. The lowest BCUT2D eigenvalue weighted by Gasteiger charge is -2.13. The lowest BCUT2D eigenvalue weighted by molar-refractivity contribution is -0.119. The van der Waals surface area contributed by atoms with Gasteiger partial charge in [-0.15, -0.1) is 0 Å². The smallest absolute Gasteiger partial charge is 0.340 e. The number of hydrogen-bond acceptors (Lipinski definition) is 4. The molecule has 0 bridgehead atoms. The maximum atomic E-state index is 13.2. The molecule has 0 aliphatic rings. The van der Waals surface area contributed by atoms with E-state index < -0.39 is 24.3 Å². The highest BCUT2D eigenvalue weighted by Crippen LogP contribution is 2.24. The van der Waals surface area contributed by atoms with Crippen LogP contribution in [0.25, 0.3) is 10.9 Å². The number of carbonyl (C=O) groups is 2. The van der Waals surface area contributed by atoms with Gasteiger partial charge in [-0.1, -0.05) is 31.2 Å². The molecule has 1 aromatic heterocycles. The third-order valence-corrected chi connectivity index (χ3v) is 4.21. The normalized spacial score (nSPS) is 10.6. The molecular weight excluding hydrogens is 347 g/mol. The summed E-state index contributed by atoms with van der Waals surface area (Å²) in [6.07, 6.45) is 0.561. The highest BCUT2D eigenvalue weighted by Gasteiger charge is 2.20. The molecule has 0 aliphatic carbocycles. The summed E-state index contributed by atoms with van der Waals surface area (Å²) in [5, 5.41) is 3.36. The molecule has 0 saturated carbocycles. The van der Waals surface area contributed by atoms with Crippen molar-refractivity contribution in [2.75, 3.05) is 11.9 Å². The summed E-state index contributed by atoms with van der Waals surface area (Å²) in [6, 6.07) is 13.1. The zero-order valence-corrected chi connectivity index (χ0v) is 15.1. The number of benzene rings is 2. The molecule has 27 heavy (non-hydrogen) atoms. The van der Waals surface area contributed by atoms with Crippen molar-refractivity contribution in [3.8, 4) is 0 Å².